The van der Waals surface area contributed by atoms with Gasteiger partial charge in [-0.2, -0.15) is 0 Å². The molecule has 0 unspecified atom stereocenters. The van der Waals surface area contributed by atoms with Crippen LogP contribution in [0.1, 0.15) is 17.5 Å². The molecule has 0 N–H and O–H groups in total. The second-order valence-electron chi connectivity index (χ2n) is 3.64. The van der Waals surface area contributed by atoms with E-state index in [9.17, 15) is 0 Å². The third-order valence-corrected chi connectivity index (χ3v) is 2.90. The van der Waals surface area contributed by atoms with E-state index in [1.54, 1.807) is 21.3 Å². The lowest BCUT2D eigenvalue weighted by Crippen LogP contribution is -1.99. The van der Waals surface area contributed by atoms with Crippen LogP contribution in [0.3, 0.4) is 0 Å². The molecule has 0 heterocycles. The van der Waals surface area contributed by atoms with Crippen molar-refractivity contribution >= 4 is 0 Å². The fraction of sp³-hybridized carbons (Fsp3) is 0.500. The average Bonchev–Trinajstić information content (AvgIpc) is 2.73. The van der Waals surface area contributed by atoms with Crippen molar-refractivity contribution in [2.45, 2.75) is 19.3 Å². The summed E-state index contributed by atoms with van der Waals surface area (Å²) in [6.07, 6.45) is 3.35. The summed E-state index contributed by atoms with van der Waals surface area (Å²) in [5.41, 5.74) is 2.60. The minimum absolute atomic E-state index is 0.709. The molecular weight excluding hydrogens is 192 g/mol. The fourth-order valence-electron chi connectivity index (χ4n) is 2.22. The zero-order chi connectivity index (χ0) is 10.8. The van der Waals surface area contributed by atoms with Crippen molar-refractivity contribution < 1.29 is 14.2 Å². The molecule has 0 saturated heterocycles. The van der Waals surface area contributed by atoms with E-state index in [2.05, 4.69) is 6.07 Å². The summed E-state index contributed by atoms with van der Waals surface area (Å²) in [5, 5.41) is 0. The summed E-state index contributed by atoms with van der Waals surface area (Å²) < 4.78 is 16.0. The maximum atomic E-state index is 5.42. The highest BCUT2D eigenvalue weighted by Gasteiger charge is 2.23. The van der Waals surface area contributed by atoms with Gasteiger partial charge in [-0.1, -0.05) is 0 Å². The Morgan fingerprint density at radius 1 is 0.933 bits per heavy atom. The molecule has 0 amide bonds. The summed E-state index contributed by atoms with van der Waals surface area (Å²) in [4.78, 5) is 0. The van der Waals surface area contributed by atoms with Gasteiger partial charge < -0.3 is 14.2 Å². The highest BCUT2D eigenvalue weighted by atomic mass is 16.5. The molecule has 0 atom stereocenters. The van der Waals surface area contributed by atoms with Gasteiger partial charge in [0.05, 0.1) is 21.3 Å². The molecule has 0 spiro atoms. The van der Waals surface area contributed by atoms with Gasteiger partial charge in [0.25, 0.3) is 0 Å². The van der Waals surface area contributed by atoms with Crippen molar-refractivity contribution in [3.63, 3.8) is 0 Å². The number of ether oxygens (including phenoxy) is 3. The first-order valence-electron chi connectivity index (χ1n) is 5.12. The summed E-state index contributed by atoms with van der Waals surface area (Å²) in [5.74, 6) is 2.31. The molecule has 0 aliphatic heterocycles. The lowest BCUT2D eigenvalue weighted by atomic mass is 10.1. The number of fused-ring (bicyclic) bond motifs is 1. The van der Waals surface area contributed by atoms with Crippen LogP contribution in [0.2, 0.25) is 0 Å². The van der Waals surface area contributed by atoms with Crippen LogP contribution in [0.5, 0.6) is 17.2 Å². The third kappa shape index (κ3) is 1.52. The zero-order valence-corrected chi connectivity index (χ0v) is 9.42. The quantitative estimate of drug-likeness (QED) is 0.762. The highest BCUT2D eigenvalue weighted by Crippen LogP contribution is 2.44. The topological polar surface area (TPSA) is 27.7 Å². The molecule has 3 nitrogen and oxygen atoms in total. The Morgan fingerprint density at radius 3 is 2.27 bits per heavy atom. The second-order valence-corrected chi connectivity index (χ2v) is 3.64. The van der Waals surface area contributed by atoms with E-state index in [0.29, 0.717) is 5.75 Å². The molecule has 0 fully saturated rings. The number of rotatable bonds is 3. The van der Waals surface area contributed by atoms with Crippen molar-refractivity contribution in [1.29, 1.82) is 0 Å². The van der Waals surface area contributed by atoms with E-state index >= 15 is 0 Å². The minimum Gasteiger partial charge on any atom is -0.493 e. The molecule has 3 heteroatoms. The van der Waals surface area contributed by atoms with Crippen LogP contribution >= 0.6 is 0 Å². The van der Waals surface area contributed by atoms with Gasteiger partial charge in [0.15, 0.2) is 11.5 Å². The SMILES string of the molecule is COc1cc2c(c(OC)c1OC)CCC2. The lowest BCUT2D eigenvalue weighted by Gasteiger charge is -2.15. The predicted octanol–water partition coefficient (Wildman–Crippen LogP) is 2.20. The van der Waals surface area contributed by atoms with E-state index in [0.717, 1.165) is 24.3 Å². The van der Waals surface area contributed by atoms with Gasteiger partial charge in [-0.3, -0.25) is 0 Å². The van der Waals surface area contributed by atoms with Crippen LogP contribution in [-0.4, -0.2) is 21.3 Å². The monoisotopic (exact) mass is 208 g/mol. The third-order valence-electron chi connectivity index (χ3n) is 2.90. The van der Waals surface area contributed by atoms with Crippen molar-refractivity contribution in [1.82, 2.24) is 0 Å². The van der Waals surface area contributed by atoms with E-state index in [1.807, 2.05) is 0 Å². The van der Waals surface area contributed by atoms with Crippen LogP contribution in [-0.2, 0) is 12.8 Å². The summed E-state index contributed by atoms with van der Waals surface area (Å²) in [6, 6.07) is 2.06. The molecule has 15 heavy (non-hydrogen) atoms. The van der Waals surface area contributed by atoms with Gasteiger partial charge in [0, 0.05) is 5.56 Å². The smallest absolute Gasteiger partial charge is 0.203 e. The number of benzene rings is 1. The van der Waals surface area contributed by atoms with Gasteiger partial charge in [0.1, 0.15) is 0 Å². The summed E-state index contributed by atoms with van der Waals surface area (Å²) in [6.45, 7) is 0. The number of hydrogen-bond donors (Lipinski definition) is 0. The molecule has 1 aliphatic carbocycles. The first-order valence-corrected chi connectivity index (χ1v) is 5.12. The Hall–Kier alpha value is -1.38. The first-order chi connectivity index (χ1) is 7.31. The molecule has 82 valence electrons. The van der Waals surface area contributed by atoms with Crippen LogP contribution < -0.4 is 14.2 Å². The summed E-state index contributed by atoms with van der Waals surface area (Å²) in [7, 11) is 4.97. The van der Waals surface area contributed by atoms with Crippen molar-refractivity contribution in [3.8, 4) is 17.2 Å². The van der Waals surface area contributed by atoms with Gasteiger partial charge in [-0.25, -0.2) is 0 Å². The van der Waals surface area contributed by atoms with Crippen molar-refractivity contribution in [2.75, 3.05) is 21.3 Å². The Balaban J connectivity index is 2.61. The number of aryl methyl sites for hydroxylation is 1. The van der Waals surface area contributed by atoms with Crippen molar-refractivity contribution in [2.24, 2.45) is 0 Å². The molecular formula is C12H16O3. The number of hydrogen-bond acceptors (Lipinski definition) is 3. The largest absolute Gasteiger partial charge is 0.493 e. The lowest BCUT2D eigenvalue weighted by molar-refractivity contribution is 0.322. The predicted molar refractivity (Wildman–Crippen MR) is 58.1 cm³/mol. The van der Waals surface area contributed by atoms with E-state index < -0.39 is 0 Å². The maximum Gasteiger partial charge on any atom is 0.203 e. The Bertz CT molecular complexity index is 372. The van der Waals surface area contributed by atoms with E-state index in [-0.39, 0.29) is 0 Å². The maximum absolute atomic E-state index is 5.42. The molecule has 2 rings (SSSR count). The van der Waals surface area contributed by atoms with Crippen LogP contribution in [0.25, 0.3) is 0 Å². The Morgan fingerprint density at radius 2 is 1.67 bits per heavy atom. The van der Waals surface area contributed by atoms with Crippen LogP contribution in [0.4, 0.5) is 0 Å². The fourth-order valence-corrected chi connectivity index (χ4v) is 2.22. The first kappa shape index (κ1) is 10.1. The van der Waals surface area contributed by atoms with E-state index in [1.165, 1.54) is 17.5 Å². The highest BCUT2D eigenvalue weighted by molar-refractivity contribution is 5.60. The standard InChI is InChI=1S/C12H16O3/c1-13-10-7-8-5-4-6-9(8)11(14-2)12(10)15-3/h7H,4-6H2,1-3H3. The molecule has 0 aromatic heterocycles. The second kappa shape index (κ2) is 4.01. The van der Waals surface area contributed by atoms with Crippen molar-refractivity contribution in [3.05, 3.63) is 17.2 Å². The molecule has 0 bridgehead atoms. The molecule has 1 aromatic carbocycles. The van der Waals surface area contributed by atoms with Crippen LogP contribution in [0, 0.1) is 0 Å². The number of methoxy groups -OCH3 is 3. The van der Waals surface area contributed by atoms with Gasteiger partial charge in [-0.05, 0) is 30.9 Å². The normalized spacial score (nSPS) is 13.5. The molecule has 1 aromatic rings. The molecule has 1 aliphatic rings. The summed E-state index contributed by atoms with van der Waals surface area (Å²) >= 11 is 0. The molecule has 0 radical (unpaired) electrons. The van der Waals surface area contributed by atoms with E-state index in [4.69, 9.17) is 14.2 Å². The Kier molecular flexibility index (Phi) is 2.71. The Labute approximate surface area is 90.0 Å². The van der Waals surface area contributed by atoms with Gasteiger partial charge in [-0.15, -0.1) is 0 Å². The van der Waals surface area contributed by atoms with Gasteiger partial charge in [0.2, 0.25) is 5.75 Å². The molecule has 0 saturated carbocycles. The van der Waals surface area contributed by atoms with Crippen LogP contribution in [0.15, 0.2) is 6.07 Å². The average molecular weight is 208 g/mol. The zero-order valence-electron chi connectivity index (χ0n) is 9.42. The van der Waals surface area contributed by atoms with Gasteiger partial charge >= 0.3 is 0 Å². The minimum atomic E-state index is 0.709.